The van der Waals surface area contributed by atoms with Gasteiger partial charge in [0.2, 0.25) is 0 Å². The molecule has 176 valence electrons. The molecule has 0 radical (unpaired) electrons. The van der Waals surface area contributed by atoms with Crippen LogP contribution in [-0.2, 0) is 16.1 Å². The van der Waals surface area contributed by atoms with Crippen LogP contribution >= 0.6 is 11.3 Å². The zero-order chi connectivity index (χ0) is 24.4. The fourth-order valence-corrected chi connectivity index (χ4v) is 3.97. The summed E-state index contributed by atoms with van der Waals surface area (Å²) in [6.45, 7) is 1.28. The van der Waals surface area contributed by atoms with Gasteiger partial charge in [0.25, 0.3) is 11.5 Å². The molecule has 1 aromatic heterocycles. The number of amides is 1. The molecule has 0 fully saturated rings. The zero-order valence-electron chi connectivity index (χ0n) is 18.1. The predicted molar refractivity (Wildman–Crippen MR) is 120 cm³/mol. The summed E-state index contributed by atoms with van der Waals surface area (Å²) in [6, 6.07) is 6.11. The lowest BCUT2D eigenvalue weighted by atomic mass is 10.2. The van der Waals surface area contributed by atoms with Gasteiger partial charge in [-0.2, -0.15) is 14.0 Å². The van der Waals surface area contributed by atoms with E-state index in [9.17, 15) is 23.6 Å². The van der Waals surface area contributed by atoms with E-state index in [0.29, 0.717) is 18.6 Å². The molecule has 8 nitrogen and oxygen atoms in total. The van der Waals surface area contributed by atoms with E-state index in [1.165, 1.54) is 49.1 Å². The Labute approximate surface area is 192 Å². The van der Waals surface area contributed by atoms with Crippen LogP contribution in [0.15, 0.2) is 35.6 Å². The van der Waals surface area contributed by atoms with Crippen molar-refractivity contribution < 1.29 is 27.8 Å². The molecule has 0 atom stereocenters. The number of alkyl halides is 2. The van der Waals surface area contributed by atoms with Crippen LogP contribution in [0.3, 0.4) is 0 Å². The molecule has 1 heterocycles. The second-order valence-electron chi connectivity index (χ2n) is 6.49. The van der Waals surface area contributed by atoms with Gasteiger partial charge in [-0.3, -0.25) is 14.2 Å². The lowest BCUT2D eigenvalue weighted by Gasteiger charge is -2.09. The first kappa shape index (κ1) is 25.8. The second-order valence-corrected chi connectivity index (χ2v) is 7.52. The highest BCUT2D eigenvalue weighted by atomic mass is 32.1. The van der Waals surface area contributed by atoms with Gasteiger partial charge in [0, 0.05) is 26.8 Å². The smallest absolute Gasteiger partial charge is 0.387 e. The van der Waals surface area contributed by atoms with Gasteiger partial charge >= 0.3 is 6.61 Å². The Balaban J connectivity index is 2.66. The van der Waals surface area contributed by atoms with Crippen LogP contribution in [0.5, 0.6) is 11.5 Å². The van der Waals surface area contributed by atoms with Crippen molar-refractivity contribution in [2.45, 2.75) is 19.6 Å². The Morgan fingerprint density at radius 2 is 2.12 bits per heavy atom. The van der Waals surface area contributed by atoms with Crippen LogP contribution in [0.4, 0.5) is 8.78 Å². The van der Waals surface area contributed by atoms with Crippen LogP contribution in [0, 0.1) is 11.3 Å². The number of carbonyl (C=O) groups is 1. The van der Waals surface area contributed by atoms with Crippen LogP contribution in [0.25, 0.3) is 11.6 Å². The molecule has 1 amide bonds. The van der Waals surface area contributed by atoms with Crippen LogP contribution in [0.2, 0.25) is 0 Å². The number of nitriles is 1. The number of hydrogen-bond acceptors (Lipinski definition) is 7. The Kier molecular flexibility index (Phi) is 9.78. The molecule has 0 saturated carbocycles. The Morgan fingerprint density at radius 1 is 1.36 bits per heavy atom. The van der Waals surface area contributed by atoms with Crippen LogP contribution < -0.4 is 29.5 Å². The van der Waals surface area contributed by atoms with Crippen molar-refractivity contribution in [1.82, 2.24) is 9.88 Å². The third-order valence-electron chi connectivity index (χ3n) is 4.30. The minimum absolute atomic E-state index is 0.0642. The minimum atomic E-state index is -3.01. The number of thiazole rings is 1. The highest BCUT2D eigenvalue weighted by Gasteiger charge is 2.16. The van der Waals surface area contributed by atoms with Crippen LogP contribution in [0.1, 0.15) is 12.0 Å². The number of aromatic nitrogens is 1. The summed E-state index contributed by atoms with van der Waals surface area (Å²) in [5.41, 5.74) is -0.117. The summed E-state index contributed by atoms with van der Waals surface area (Å²) < 4.78 is 41.5. The summed E-state index contributed by atoms with van der Waals surface area (Å²) in [4.78, 5) is 25.5. The molecular weight excluding hydrogens is 456 g/mol. The van der Waals surface area contributed by atoms with Gasteiger partial charge in [-0.25, -0.2) is 0 Å². The molecule has 33 heavy (non-hydrogen) atoms. The normalized spacial score (nSPS) is 12.3. The number of carbonyl (C=O) groups excluding carboxylic acids is 1. The first-order chi connectivity index (χ1) is 15.9. The van der Waals surface area contributed by atoms with E-state index in [4.69, 9.17) is 9.47 Å². The molecule has 0 bridgehead atoms. The Bertz CT molecular complexity index is 1210. The van der Waals surface area contributed by atoms with Crippen LogP contribution in [-0.4, -0.2) is 44.5 Å². The average molecular weight is 480 g/mol. The third-order valence-corrected chi connectivity index (χ3v) is 5.43. The second kappa shape index (κ2) is 12.5. The van der Waals surface area contributed by atoms with Gasteiger partial charge < -0.3 is 19.5 Å². The number of halogens is 2. The van der Waals surface area contributed by atoms with E-state index in [0.717, 1.165) is 11.3 Å². The molecule has 0 saturated heterocycles. The van der Waals surface area contributed by atoms with Gasteiger partial charge in [0.15, 0.2) is 17.1 Å². The first-order valence-electron chi connectivity index (χ1n) is 9.72. The SMILES string of the molecule is C=CCNC(=O)/C(C#N)=c1\s/c(=C/c2ccc(OC(F)F)c(OC)c2)c(=O)n1CCCOC. The average Bonchev–Trinajstić information content (AvgIpc) is 3.08. The topological polar surface area (TPSA) is 103 Å². The van der Waals surface area contributed by atoms with Gasteiger partial charge in [-0.15, -0.1) is 17.9 Å². The largest absolute Gasteiger partial charge is 0.493 e. The molecule has 0 unspecified atom stereocenters. The van der Waals surface area contributed by atoms with E-state index in [1.54, 1.807) is 0 Å². The van der Waals surface area contributed by atoms with Gasteiger partial charge in [0.05, 0.1) is 11.6 Å². The standard InChI is InChI=1S/C22H23F2N3O5S/c1-4-8-26-19(28)15(13-25)21-27(9-5-10-30-2)20(29)18(33-21)12-14-6-7-16(32-22(23)24)17(11-14)31-3/h4,6-7,11-12,22H,1,5,8-10H2,2-3H3,(H,26,28)/b18-12+,21-15-. The van der Waals surface area contributed by atoms with Crippen molar-refractivity contribution in [3.63, 3.8) is 0 Å². The maximum Gasteiger partial charge on any atom is 0.387 e. The number of rotatable bonds is 11. The summed E-state index contributed by atoms with van der Waals surface area (Å²) in [7, 11) is 2.83. The van der Waals surface area contributed by atoms with Crippen molar-refractivity contribution in [2.24, 2.45) is 0 Å². The third kappa shape index (κ3) is 6.74. The maximum atomic E-state index is 13.1. The fourth-order valence-electron chi connectivity index (χ4n) is 2.84. The molecule has 1 aromatic carbocycles. The van der Waals surface area contributed by atoms with E-state index in [2.05, 4.69) is 16.6 Å². The molecule has 11 heteroatoms. The van der Waals surface area contributed by atoms with E-state index in [-0.39, 0.29) is 39.4 Å². The minimum Gasteiger partial charge on any atom is -0.493 e. The molecule has 0 spiro atoms. The summed E-state index contributed by atoms with van der Waals surface area (Å²) in [6.07, 6.45) is 3.48. The van der Waals surface area contributed by atoms with E-state index < -0.39 is 18.1 Å². The number of benzene rings is 1. The number of ether oxygens (including phenoxy) is 3. The van der Waals surface area contributed by atoms with Crippen molar-refractivity contribution in [3.05, 3.63) is 56.0 Å². The van der Waals surface area contributed by atoms with Gasteiger partial charge in [0.1, 0.15) is 10.7 Å². The lowest BCUT2D eigenvalue weighted by molar-refractivity contribution is -0.115. The quantitative estimate of drug-likeness (QED) is 0.386. The Hall–Kier alpha value is -3.49. The van der Waals surface area contributed by atoms with Gasteiger partial charge in [-0.05, 0) is 30.2 Å². The first-order valence-corrected chi connectivity index (χ1v) is 10.5. The fraction of sp³-hybridized carbons (Fsp3) is 0.318. The van der Waals surface area contributed by atoms with Gasteiger partial charge in [-0.1, -0.05) is 12.1 Å². The summed E-state index contributed by atoms with van der Waals surface area (Å²) in [5.74, 6) is -0.706. The summed E-state index contributed by atoms with van der Waals surface area (Å²) in [5, 5.41) is 12.1. The monoisotopic (exact) mass is 479 g/mol. The molecule has 2 aromatic rings. The summed E-state index contributed by atoms with van der Waals surface area (Å²) >= 11 is 0.978. The zero-order valence-corrected chi connectivity index (χ0v) is 18.9. The van der Waals surface area contributed by atoms with Crippen molar-refractivity contribution in [2.75, 3.05) is 27.4 Å². The predicted octanol–water partition coefficient (Wildman–Crippen LogP) is 1.36. The molecule has 0 aliphatic carbocycles. The van der Waals surface area contributed by atoms with Crippen molar-refractivity contribution >= 4 is 28.9 Å². The van der Waals surface area contributed by atoms with E-state index >= 15 is 0 Å². The van der Waals surface area contributed by atoms with E-state index in [1.807, 2.05) is 6.07 Å². The highest BCUT2D eigenvalue weighted by molar-refractivity contribution is 7.07. The molecule has 0 aliphatic rings. The number of nitrogens with one attached hydrogen (secondary N) is 1. The maximum absolute atomic E-state index is 13.1. The van der Waals surface area contributed by atoms with Crippen molar-refractivity contribution in [1.29, 1.82) is 5.26 Å². The number of nitrogens with zero attached hydrogens (tertiary/aromatic N) is 2. The van der Waals surface area contributed by atoms with Crippen molar-refractivity contribution in [3.8, 4) is 17.6 Å². The molecule has 0 aliphatic heterocycles. The number of methoxy groups -OCH3 is 2. The number of hydrogen-bond donors (Lipinski definition) is 1. The molecular formula is C22H23F2N3O5S. The highest BCUT2D eigenvalue weighted by Crippen LogP contribution is 2.29. The molecule has 1 N–H and O–H groups in total. The Morgan fingerprint density at radius 3 is 2.73 bits per heavy atom. The lowest BCUT2D eigenvalue weighted by Crippen LogP contribution is -2.35. The molecule has 2 rings (SSSR count).